The third-order valence-corrected chi connectivity index (χ3v) is 6.72. The van der Waals surface area contributed by atoms with E-state index in [1.165, 1.54) is 0 Å². The molecule has 0 aliphatic rings. The highest BCUT2D eigenvalue weighted by molar-refractivity contribution is 5.95. The van der Waals surface area contributed by atoms with E-state index in [1.807, 2.05) is 104 Å². The van der Waals surface area contributed by atoms with Gasteiger partial charge in [0.1, 0.15) is 0 Å². The Bertz CT molecular complexity index is 1810. The van der Waals surface area contributed by atoms with Gasteiger partial charge in [0, 0.05) is 29.0 Å². The number of nitrogens with zero attached hydrogens (tertiary/aromatic N) is 3. The fourth-order valence-corrected chi connectivity index (χ4v) is 4.86. The van der Waals surface area contributed by atoms with Crippen molar-refractivity contribution in [2.45, 2.75) is 6.92 Å². The molecule has 0 saturated carbocycles. The first kappa shape index (κ1) is 25.0. The number of esters is 1. The second-order valence-electron chi connectivity index (χ2n) is 9.31. The van der Waals surface area contributed by atoms with Crippen molar-refractivity contribution in [3.8, 4) is 28.2 Å². The topological polar surface area (TPSA) is 56.5 Å². The summed E-state index contributed by atoms with van der Waals surface area (Å²) in [5, 5.41) is 1.05. The van der Waals surface area contributed by atoms with Crippen LogP contribution in [0.2, 0.25) is 0 Å². The number of carbonyl (C=O) groups excluding carboxylic acids is 1. The summed E-state index contributed by atoms with van der Waals surface area (Å²) in [6.45, 7) is 2.15. The third kappa shape index (κ3) is 5.05. The molecule has 0 amide bonds. The molecule has 0 spiro atoms. The molecule has 40 heavy (non-hydrogen) atoms. The molecular formula is C35H27N3O2. The number of pyridine rings is 1. The summed E-state index contributed by atoms with van der Waals surface area (Å²) in [6.07, 6.45) is 3.72. The summed E-state index contributed by atoms with van der Waals surface area (Å²) < 4.78 is 7.42. The predicted octanol–water partition coefficient (Wildman–Crippen LogP) is 8.29. The molecule has 4 aromatic carbocycles. The van der Waals surface area contributed by atoms with E-state index in [1.54, 1.807) is 6.20 Å². The van der Waals surface area contributed by atoms with Crippen LogP contribution >= 0.6 is 0 Å². The summed E-state index contributed by atoms with van der Waals surface area (Å²) in [5.41, 5.74) is 8.39. The fraction of sp³-hybridized carbons (Fsp3) is 0.0571. The standard InChI is InChI=1S/C35H27N3O2/c1-2-40-35(39)27-15-18-31(19-16-27)38-33(25-10-5-3-6-11-25)23-29(34(38)26-12-7-4-8-13-26)24-37-30-17-20-32-28(22-30)14-9-21-36-32/h3-24H,2H2,1H3. The van der Waals surface area contributed by atoms with Crippen LogP contribution in [0.1, 0.15) is 22.8 Å². The number of hydrogen-bond donors (Lipinski definition) is 0. The molecule has 0 radical (unpaired) electrons. The SMILES string of the molecule is CCOC(=O)c1ccc(-n2c(-c3ccccc3)cc(C=Nc3ccc4ncccc4c3)c2-c2ccccc2)cc1. The number of hydrogen-bond acceptors (Lipinski definition) is 4. The molecule has 0 aliphatic carbocycles. The van der Waals surface area contributed by atoms with Gasteiger partial charge in [0.15, 0.2) is 0 Å². The first-order valence-electron chi connectivity index (χ1n) is 13.2. The van der Waals surface area contributed by atoms with Gasteiger partial charge >= 0.3 is 5.97 Å². The summed E-state index contributed by atoms with van der Waals surface area (Å²) >= 11 is 0. The maximum Gasteiger partial charge on any atom is 0.338 e. The lowest BCUT2D eigenvalue weighted by Crippen LogP contribution is -2.05. The van der Waals surface area contributed by atoms with Crippen LogP contribution in [-0.4, -0.2) is 28.3 Å². The smallest absolute Gasteiger partial charge is 0.338 e. The van der Waals surface area contributed by atoms with Crippen molar-refractivity contribution in [1.29, 1.82) is 0 Å². The summed E-state index contributed by atoms with van der Waals surface area (Å²) in [4.78, 5) is 21.6. The van der Waals surface area contributed by atoms with Gasteiger partial charge in [-0.3, -0.25) is 9.98 Å². The highest BCUT2D eigenvalue weighted by atomic mass is 16.5. The average molecular weight is 522 g/mol. The number of aliphatic imine (C=N–C) groups is 1. The van der Waals surface area contributed by atoms with Gasteiger partial charge < -0.3 is 9.30 Å². The van der Waals surface area contributed by atoms with Gasteiger partial charge in [-0.25, -0.2) is 4.79 Å². The van der Waals surface area contributed by atoms with E-state index in [4.69, 9.17) is 9.73 Å². The van der Waals surface area contributed by atoms with Crippen molar-refractivity contribution < 1.29 is 9.53 Å². The lowest BCUT2D eigenvalue weighted by atomic mass is 10.1. The zero-order valence-electron chi connectivity index (χ0n) is 22.1. The molecule has 0 bridgehead atoms. The van der Waals surface area contributed by atoms with Crippen LogP contribution in [-0.2, 0) is 4.74 Å². The lowest BCUT2D eigenvalue weighted by molar-refractivity contribution is 0.0526. The molecule has 0 N–H and O–H groups in total. The first-order chi connectivity index (χ1) is 19.7. The summed E-state index contributed by atoms with van der Waals surface area (Å²) in [7, 11) is 0. The number of aromatic nitrogens is 2. The molecule has 0 aliphatic heterocycles. The van der Waals surface area contributed by atoms with E-state index in [-0.39, 0.29) is 5.97 Å². The van der Waals surface area contributed by atoms with Gasteiger partial charge in [0.2, 0.25) is 0 Å². The van der Waals surface area contributed by atoms with Crippen molar-refractivity contribution >= 4 is 28.8 Å². The van der Waals surface area contributed by atoms with Crippen molar-refractivity contribution in [2.75, 3.05) is 6.61 Å². The molecule has 194 valence electrons. The Morgan fingerprint density at radius 3 is 2.27 bits per heavy atom. The van der Waals surface area contributed by atoms with E-state index in [2.05, 4.69) is 39.9 Å². The Hall–Kier alpha value is -5.29. The molecule has 6 rings (SSSR count). The van der Waals surface area contributed by atoms with Crippen LogP contribution < -0.4 is 0 Å². The predicted molar refractivity (Wildman–Crippen MR) is 162 cm³/mol. The number of carbonyl (C=O) groups is 1. The van der Waals surface area contributed by atoms with Gasteiger partial charge in [-0.2, -0.15) is 0 Å². The molecule has 2 aromatic heterocycles. The van der Waals surface area contributed by atoms with Crippen molar-refractivity contribution in [2.24, 2.45) is 4.99 Å². The van der Waals surface area contributed by atoms with Crippen molar-refractivity contribution in [3.05, 3.63) is 139 Å². The zero-order valence-corrected chi connectivity index (χ0v) is 22.1. The minimum Gasteiger partial charge on any atom is -0.462 e. The quantitative estimate of drug-likeness (QED) is 0.157. The maximum absolute atomic E-state index is 12.3. The molecule has 5 nitrogen and oxygen atoms in total. The van der Waals surface area contributed by atoms with Crippen LogP contribution in [0.4, 0.5) is 5.69 Å². The second-order valence-corrected chi connectivity index (χ2v) is 9.31. The Labute approximate surface area is 233 Å². The largest absolute Gasteiger partial charge is 0.462 e. The van der Waals surface area contributed by atoms with E-state index in [0.29, 0.717) is 12.2 Å². The second kappa shape index (κ2) is 11.2. The molecule has 0 fully saturated rings. The van der Waals surface area contributed by atoms with Crippen LogP contribution in [0.15, 0.2) is 133 Å². The van der Waals surface area contributed by atoms with Gasteiger partial charge in [-0.05, 0) is 72.6 Å². The monoisotopic (exact) mass is 521 g/mol. The Morgan fingerprint density at radius 2 is 1.55 bits per heavy atom. The molecule has 0 atom stereocenters. The molecule has 0 saturated heterocycles. The van der Waals surface area contributed by atoms with E-state index < -0.39 is 0 Å². The minimum atomic E-state index is -0.327. The normalized spacial score (nSPS) is 11.2. The molecule has 5 heteroatoms. The highest BCUT2D eigenvalue weighted by Crippen LogP contribution is 2.36. The van der Waals surface area contributed by atoms with Crippen molar-refractivity contribution in [1.82, 2.24) is 9.55 Å². The number of benzene rings is 4. The van der Waals surface area contributed by atoms with E-state index in [9.17, 15) is 4.79 Å². The number of rotatable bonds is 7. The van der Waals surface area contributed by atoms with Gasteiger partial charge in [0.25, 0.3) is 0 Å². The van der Waals surface area contributed by atoms with Crippen LogP contribution in [0, 0.1) is 0 Å². The molecule has 0 unspecified atom stereocenters. The van der Waals surface area contributed by atoms with Gasteiger partial charge in [-0.1, -0.05) is 66.7 Å². The molecule has 2 heterocycles. The van der Waals surface area contributed by atoms with Crippen LogP contribution in [0.3, 0.4) is 0 Å². The maximum atomic E-state index is 12.3. The van der Waals surface area contributed by atoms with Crippen LogP contribution in [0.25, 0.3) is 39.1 Å². The molecular weight excluding hydrogens is 494 g/mol. The van der Waals surface area contributed by atoms with E-state index in [0.717, 1.165) is 50.4 Å². The number of ether oxygens (including phenoxy) is 1. The fourth-order valence-electron chi connectivity index (χ4n) is 4.86. The highest BCUT2D eigenvalue weighted by Gasteiger charge is 2.19. The average Bonchev–Trinajstić information content (AvgIpc) is 3.40. The third-order valence-electron chi connectivity index (χ3n) is 6.72. The first-order valence-corrected chi connectivity index (χ1v) is 13.2. The Morgan fingerprint density at radius 1 is 0.825 bits per heavy atom. The summed E-state index contributed by atoms with van der Waals surface area (Å²) in [6, 6.07) is 40.3. The minimum absolute atomic E-state index is 0.327. The summed E-state index contributed by atoms with van der Waals surface area (Å²) in [5.74, 6) is -0.327. The lowest BCUT2D eigenvalue weighted by Gasteiger charge is -2.15. The number of fused-ring (bicyclic) bond motifs is 1. The Kier molecular flexibility index (Phi) is 7.01. The van der Waals surface area contributed by atoms with Gasteiger partial charge in [0.05, 0.1) is 34.8 Å². The van der Waals surface area contributed by atoms with Crippen LogP contribution in [0.5, 0.6) is 0 Å². The van der Waals surface area contributed by atoms with Crippen molar-refractivity contribution in [3.63, 3.8) is 0 Å². The van der Waals surface area contributed by atoms with E-state index >= 15 is 0 Å². The Balaban J connectivity index is 1.53. The molecule has 6 aromatic rings. The van der Waals surface area contributed by atoms with Gasteiger partial charge in [-0.15, -0.1) is 0 Å². The zero-order chi connectivity index (χ0) is 27.3.